The summed E-state index contributed by atoms with van der Waals surface area (Å²) >= 11 is 1.89. The van der Waals surface area contributed by atoms with Crippen LogP contribution in [0.2, 0.25) is 0 Å². The van der Waals surface area contributed by atoms with Crippen LogP contribution in [0.25, 0.3) is 21.6 Å². The number of anilines is 1. The number of hydrogen-bond donors (Lipinski definition) is 0. The molecule has 1 aliphatic carbocycles. The molecule has 0 N–H and O–H groups in total. The Morgan fingerprint density at radius 2 is 1.78 bits per heavy atom. The second kappa shape index (κ2) is 7.17. The van der Waals surface area contributed by atoms with Gasteiger partial charge in [-0.2, -0.15) is 0 Å². The van der Waals surface area contributed by atoms with E-state index in [1.54, 1.807) is 0 Å². The molecule has 0 saturated carbocycles. The SMILES string of the molecule is CN1CCCN(c2nc(-c3ccncc3)nc3sc4c(c23)CCCC4)CC1. The molecule has 5 rings (SSSR count). The van der Waals surface area contributed by atoms with Crippen LogP contribution in [0.5, 0.6) is 0 Å². The molecular weight excluding hydrogens is 354 g/mol. The number of rotatable bonds is 2. The van der Waals surface area contributed by atoms with Crippen molar-refractivity contribution in [2.75, 3.05) is 38.1 Å². The molecular formula is C21H25N5S. The van der Waals surface area contributed by atoms with Crippen LogP contribution in [0.1, 0.15) is 29.7 Å². The zero-order valence-electron chi connectivity index (χ0n) is 15.8. The number of nitrogens with zero attached hydrogens (tertiary/aromatic N) is 5. The lowest BCUT2D eigenvalue weighted by Crippen LogP contribution is -2.29. The first-order chi connectivity index (χ1) is 13.3. The Morgan fingerprint density at radius 1 is 0.926 bits per heavy atom. The van der Waals surface area contributed by atoms with Crippen molar-refractivity contribution in [3.05, 3.63) is 35.0 Å². The minimum atomic E-state index is 0.830. The summed E-state index contributed by atoms with van der Waals surface area (Å²) in [5.41, 5.74) is 2.57. The number of fused-ring (bicyclic) bond motifs is 3. The highest BCUT2D eigenvalue weighted by atomic mass is 32.1. The van der Waals surface area contributed by atoms with E-state index in [9.17, 15) is 0 Å². The molecule has 27 heavy (non-hydrogen) atoms. The van der Waals surface area contributed by atoms with Gasteiger partial charge in [0.25, 0.3) is 0 Å². The van der Waals surface area contributed by atoms with Gasteiger partial charge < -0.3 is 9.80 Å². The predicted octanol–water partition coefficient (Wildman–Crippen LogP) is 3.77. The molecule has 2 aliphatic rings. The number of aromatic nitrogens is 3. The number of hydrogen-bond acceptors (Lipinski definition) is 6. The standard InChI is InChI=1S/C21H25N5S/c1-25-11-4-12-26(14-13-25)20-18-16-5-2-3-6-17(16)27-21(18)24-19(23-20)15-7-9-22-10-8-15/h7-10H,2-6,11-14H2,1H3. The number of pyridine rings is 1. The topological polar surface area (TPSA) is 45.2 Å². The fourth-order valence-electron chi connectivity index (χ4n) is 4.26. The Bertz CT molecular complexity index is 952. The van der Waals surface area contributed by atoms with Gasteiger partial charge >= 0.3 is 0 Å². The molecule has 0 amide bonds. The lowest BCUT2D eigenvalue weighted by molar-refractivity contribution is 0.360. The third kappa shape index (κ3) is 3.21. The zero-order chi connectivity index (χ0) is 18.2. The maximum absolute atomic E-state index is 5.12. The fourth-order valence-corrected chi connectivity index (χ4v) is 5.51. The molecule has 1 fully saturated rings. The lowest BCUT2D eigenvalue weighted by atomic mass is 9.97. The van der Waals surface area contributed by atoms with Crippen molar-refractivity contribution in [3.8, 4) is 11.4 Å². The lowest BCUT2D eigenvalue weighted by Gasteiger charge is -2.24. The summed E-state index contributed by atoms with van der Waals surface area (Å²) in [6.45, 7) is 4.34. The highest BCUT2D eigenvalue weighted by Gasteiger charge is 2.25. The maximum atomic E-state index is 5.12. The summed E-state index contributed by atoms with van der Waals surface area (Å²) in [6, 6.07) is 4.02. The first kappa shape index (κ1) is 17.1. The predicted molar refractivity (Wildman–Crippen MR) is 112 cm³/mol. The van der Waals surface area contributed by atoms with E-state index in [1.165, 1.54) is 47.9 Å². The monoisotopic (exact) mass is 379 g/mol. The van der Waals surface area contributed by atoms with Gasteiger partial charge in [0.15, 0.2) is 5.82 Å². The molecule has 0 atom stereocenters. The van der Waals surface area contributed by atoms with Gasteiger partial charge in [0, 0.05) is 42.5 Å². The molecule has 0 aromatic carbocycles. The molecule has 3 aromatic rings. The van der Waals surface area contributed by atoms with Crippen molar-refractivity contribution >= 4 is 27.4 Å². The van der Waals surface area contributed by atoms with Crippen LogP contribution in [0.4, 0.5) is 5.82 Å². The maximum Gasteiger partial charge on any atom is 0.163 e. The van der Waals surface area contributed by atoms with Gasteiger partial charge in [0.2, 0.25) is 0 Å². The summed E-state index contributed by atoms with van der Waals surface area (Å²) < 4.78 is 0. The number of aryl methyl sites for hydroxylation is 2. The largest absolute Gasteiger partial charge is 0.355 e. The molecule has 0 spiro atoms. The Morgan fingerprint density at radius 3 is 2.67 bits per heavy atom. The zero-order valence-corrected chi connectivity index (χ0v) is 16.6. The van der Waals surface area contributed by atoms with E-state index < -0.39 is 0 Å². The highest BCUT2D eigenvalue weighted by Crippen LogP contribution is 2.40. The van der Waals surface area contributed by atoms with Crippen molar-refractivity contribution in [2.24, 2.45) is 0 Å². The van der Waals surface area contributed by atoms with Crippen LogP contribution < -0.4 is 4.90 Å². The van der Waals surface area contributed by atoms with Crippen LogP contribution in [0.3, 0.4) is 0 Å². The van der Waals surface area contributed by atoms with Crippen LogP contribution >= 0.6 is 11.3 Å². The molecule has 5 nitrogen and oxygen atoms in total. The van der Waals surface area contributed by atoms with Crippen molar-refractivity contribution in [1.82, 2.24) is 19.9 Å². The van der Waals surface area contributed by atoms with Gasteiger partial charge in [-0.15, -0.1) is 11.3 Å². The van der Waals surface area contributed by atoms with Gasteiger partial charge in [-0.05, 0) is 63.4 Å². The van der Waals surface area contributed by atoms with Crippen molar-refractivity contribution in [3.63, 3.8) is 0 Å². The minimum absolute atomic E-state index is 0.830. The van der Waals surface area contributed by atoms with E-state index >= 15 is 0 Å². The summed E-state index contributed by atoms with van der Waals surface area (Å²) in [4.78, 5) is 21.9. The number of thiophene rings is 1. The van der Waals surface area contributed by atoms with Crippen molar-refractivity contribution in [1.29, 1.82) is 0 Å². The molecule has 0 bridgehead atoms. The van der Waals surface area contributed by atoms with E-state index in [-0.39, 0.29) is 0 Å². The summed E-state index contributed by atoms with van der Waals surface area (Å²) in [5, 5.41) is 1.33. The van der Waals surface area contributed by atoms with E-state index in [4.69, 9.17) is 9.97 Å². The van der Waals surface area contributed by atoms with Gasteiger partial charge in [0.1, 0.15) is 10.6 Å². The molecule has 0 radical (unpaired) electrons. The van der Waals surface area contributed by atoms with Crippen LogP contribution in [0, 0.1) is 0 Å². The average Bonchev–Trinajstić information content (AvgIpc) is 2.95. The minimum Gasteiger partial charge on any atom is -0.355 e. The van der Waals surface area contributed by atoms with E-state index in [2.05, 4.69) is 21.8 Å². The van der Waals surface area contributed by atoms with Gasteiger partial charge in [0.05, 0.1) is 5.39 Å². The summed E-state index contributed by atoms with van der Waals surface area (Å²) in [7, 11) is 2.22. The smallest absolute Gasteiger partial charge is 0.163 e. The van der Waals surface area contributed by atoms with Crippen molar-refractivity contribution < 1.29 is 0 Å². The van der Waals surface area contributed by atoms with Gasteiger partial charge in [-0.1, -0.05) is 0 Å². The second-order valence-corrected chi connectivity index (χ2v) is 8.73. The Balaban J connectivity index is 1.69. The Kier molecular flexibility index (Phi) is 4.53. The van der Waals surface area contributed by atoms with Gasteiger partial charge in [-0.3, -0.25) is 4.98 Å². The molecule has 4 heterocycles. The van der Waals surface area contributed by atoms with E-state index in [0.29, 0.717) is 0 Å². The van der Waals surface area contributed by atoms with E-state index in [0.717, 1.165) is 48.2 Å². The van der Waals surface area contributed by atoms with Crippen LogP contribution in [-0.2, 0) is 12.8 Å². The van der Waals surface area contributed by atoms with Crippen LogP contribution in [-0.4, -0.2) is 53.1 Å². The van der Waals surface area contributed by atoms with Crippen LogP contribution in [0.15, 0.2) is 24.5 Å². The molecule has 1 aliphatic heterocycles. The quantitative estimate of drug-likeness (QED) is 0.678. The molecule has 0 unspecified atom stereocenters. The third-order valence-electron chi connectivity index (χ3n) is 5.75. The average molecular weight is 380 g/mol. The molecule has 1 saturated heterocycles. The number of likely N-dealkylation sites (N-methyl/N-ethyl adjacent to an activating group) is 1. The normalized spacial score (nSPS) is 18.5. The van der Waals surface area contributed by atoms with Gasteiger partial charge in [-0.25, -0.2) is 9.97 Å². The van der Waals surface area contributed by atoms with E-state index in [1.807, 2.05) is 35.9 Å². The molecule has 140 valence electrons. The fraction of sp³-hybridized carbons (Fsp3) is 0.476. The second-order valence-electron chi connectivity index (χ2n) is 7.64. The first-order valence-corrected chi connectivity index (χ1v) is 10.8. The summed E-state index contributed by atoms with van der Waals surface area (Å²) in [6.07, 6.45) is 9.78. The first-order valence-electron chi connectivity index (χ1n) is 9.96. The molecule has 6 heteroatoms. The molecule has 3 aromatic heterocycles. The third-order valence-corrected chi connectivity index (χ3v) is 6.94. The van der Waals surface area contributed by atoms with Crippen molar-refractivity contribution in [2.45, 2.75) is 32.1 Å². The summed E-state index contributed by atoms with van der Waals surface area (Å²) in [5.74, 6) is 1.98. The highest BCUT2D eigenvalue weighted by molar-refractivity contribution is 7.19. The Labute approximate surface area is 164 Å². The Hall–Kier alpha value is -2.05.